The number of thioether (sulfide) groups is 1. The Bertz CT molecular complexity index is 402. The van der Waals surface area contributed by atoms with Gasteiger partial charge in [0.15, 0.2) is 0 Å². The monoisotopic (exact) mass is 279 g/mol. The molecule has 0 bridgehead atoms. The van der Waals surface area contributed by atoms with Crippen LogP contribution in [0.2, 0.25) is 0 Å². The van der Waals surface area contributed by atoms with Gasteiger partial charge in [-0.05, 0) is 38.4 Å². The molecule has 0 saturated carbocycles. The highest BCUT2D eigenvalue weighted by atomic mass is 32.2. The number of aryl methyl sites for hydroxylation is 2. The zero-order chi connectivity index (χ0) is 13.7. The minimum Gasteiger partial charge on any atom is -0.381 e. The van der Waals surface area contributed by atoms with Gasteiger partial charge in [-0.3, -0.25) is 0 Å². The third kappa shape index (κ3) is 4.23. The molecule has 1 aliphatic heterocycles. The van der Waals surface area contributed by atoms with Gasteiger partial charge in [-0.2, -0.15) is 0 Å². The molecule has 0 aliphatic carbocycles. The van der Waals surface area contributed by atoms with Crippen LogP contribution in [0.4, 0.5) is 0 Å². The predicted octanol–water partition coefficient (Wildman–Crippen LogP) is 3.41. The van der Waals surface area contributed by atoms with E-state index in [-0.39, 0.29) is 0 Å². The van der Waals surface area contributed by atoms with E-state index in [1.165, 1.54) is 22.4 Å². The first-order valence-corrected chi connectivity index (χ1v) is 8.20. The van der Waals surface area contributed by atoms with Crippen LogP contribution in [0, 0.1) is 19.8 Å². The number of ether oxygens (including phenoxy) is 1. The highest BCUT2D eigenvalue weighted by Crippen LogP contribution is 2.27. The van der Waals surface area contributed by atoms with Crippen molar-refractivity contribution >= 4 is 11.8 Å². The van der Waals surface area contributed by atoms with Crippen LogP contribution in [0.25, 0.3) is 0 Å². The Labute approximate surface area is 121 Å². The fourth-order valence-corrected chi connectivity index (χ4v) is 3.85. The van der Waals surface area contributed by atoms with Crippen LogP contribution in [-0.2, 0) is 4.74 Å². The van der Waals surface area contributed by atoms with Crippen LogP contribution < -0.4 is 5.32 Å². The Morgan fingerprint density at radius 1 is 1.42 bits per heavy atom. The van der Waals surface area contributed by atoms with E-state index in [0.717, 1.165) is 25.5 Å². The Kier molecular flexibility index (Phi) is 5.74. The summed E-state index contributed by atoms with van der Waals surface area (Å²) < 4.78 is 5.53. The molecule has 19 heavy (non-hydrogen) atoms. The van der Waals surface area contributed by atoms with E-state index >= 15 is 0 Å². The summed E-state index contributed by atoms with van der Waals surface area (Å²) in [5, 5.41) is 3.63. The van der Waals surface area contributed by atoms with Crippen molar-refractivity contribution < 1.29 is 4.74 Å². The summed E-state index contributed by atoms with van der Waals surface area (Å²) >= 11 is 1.98. The van der Waals surface area contributed by atoms with Crippen molar-refractivity contribution in [2.45, 2.75) is 38.1 Å². The molecular weight excluding hydrogens is 254 g/mol. The van der Waals surface area contributed by atoms with Crippen LogP contribution in [0.15, 0.2) is 23.1 Å². The summed E-state index contributed by atoms with van der Waals surface area (Å²) in [5.74, 6) is 1.81. The smallest absolute Gasteiger partial charge is 0.0510 e. The Morgan fingerprint density at radius 2 is 2.26 bits per heavy atom. The summed E-state index contributed by atoms with van der Waals surface area (Å²) in [4.78, 5) is 1.42. The molecule has 0 aromatic heterocycles. The summed E-state index contributed by atoms with van der Waals surface area (Å²) in [5.41, 5.74) is 2.73. The number of hydrogen-bond donors (Lipinski definition) is 1. The van der Waals surface area contributed by atoms with Gasteiger partial charge in [0.1, 0.15) is 0 Å². The first kappa shape index (κ1) is 14.9. The topological polar surface area (TPSA) is 21.3 Å². The lowest BCUT2D eigenvalue weighted by Gasteiger charge is -2.23. The maximum Gasteiger partial charge on any atom is 0.0510 e. The maximum absolute atomic E-state index is 5.53. The van der Waals surface area contributed by atoms with Crippen molar-refractivity contribution in [3.05, 3.63) is 29.3 Å². The van der Waals surface area contributed by atoms with Gasteiger partial charge in [0.05, 0.1) is 6.61 Å². The highest BCUT2D eigenvalue weighted by molar-refractivity contribution is 7.99. The molecule has 2 unspecified atom stereocenters. The zero-order valence-electron chi connectivity index (χ0n) is 12.2. The van der Waals surface area contributed by atoms with E-state index < -0.39 is 0 Å². The molecule has 1 aromatic carbocycles. The van der Waals surface area contributed by atoms with Crippen molar-refractivity contribution in [1.82, 2.24) is 5.32 Å². The molecule has 1 N–H and O–H groups in total. The molecule has 1 fully saturated rings. The Balaban J connectivity index is 1.95. The Morgan fingerprint density at radius 3 is 2.95 bits per heavy atom. The largest absolute Gasteiger partial charge is 0.381 e. The van der Waals surface area contributed by atoms with E-state index in [1.807, 2.05) is 11.8 Å². The van der Waals surface area contributed by atoms with Crippen LogP contribution in [0.1, 0.15) is 24.5 Å². The van der Waals surface area contributed by atoms with Gasteiger partial charge in [0.25, 0.3) is 0 Å². The third-order valence-electron chi connectivity index (χ3n) is 3.76. The SMILES string of the molecule is CCNC(CSc1cc(C)ccc1C)C1CCOC1. The lowest BCUT2D eigenvalue weighted by molar-refractivity contribution is 0.179. The molecular formula is C16H25NOS. The van der Waals surface area contributed by atoms with Crippen molar-refractivity contribution in [1.29, 1.82) is 0 Å². The van der Waals surface area contributed by atoms with Crippen molar-refractivity contribution in [3.63, 3.8) is 0 Å². The van der Waals surface area contributed by atoms with Gasteiger partial charge < -0.3 is 10.1 Å². The molecule has 1 aromatic rings. The third-order valence-corrected chi connectivity index (χ3v) is 5.04. The van der Waals surface area contributed by atoms with Gasteiger partial charge in [0, 0.05) is 29.2 Å². The van der Waals surface area contributed by atoms with Crippen molar-refractivity contribution in [2.75, 3.05) is 25.5 Å². The number of benzene rings is 1. The molecule has 2 atom stereocenters. The lowest BCUT2D eigenvalue weighted by Crippen LogP contribution is -2.38. The summed E-state index contributed by atoms with van der Waals surface area (Å²) in [6.45, 7) is 9.43. The van der Waals surface area contributed by atoms with E-state index in [1.54, 1.807) is 0 Å². The van der Waals surface area contributed by atoms with Crippen LogP contribution in [-0.4, -0.2) is 31.6 Å². The molecule has 2 rings (SSSR count). The number of nitrogens with one attached hydrogen (secondary N) is 1. The van der Waals surface area contributed by atoms with Gasteiger partial charge in [-0.15, -0.1) is 11.8 Å². The van der Waals surface area contributed by atoms with Crippen LogP contribution in [0.3, 0.4) is 0 Å². The average molecular weight is 279 g/mol. The van der Waals surface area contributed by atoms with Crippen LogP contribution in [0.5, 0.6) is 0 Å². The fourth-order valence-electron chi connectivity index (χ4n) is 2.54. The zero-order valence-corrected chi connectivity index (χ0v) is 13.1. The highest BCUT2D eigenvalue weighted by Gasteiger charge is 2.25. The van der Waals surface area contributed by atoms with Crippen molar-refractivity contribution in [2.24, 2.45) is 5.92 Å². The molecule has 0 amide bonds. The molecule has 1 heterocycles. The minimum absolute atomic E-state index is 0.567. The van der Waals surface area contributed by atoms with Gasteiger partial charge in [0.2, 0.25) is 0 Å². The van der Waals surface area contributed by atoms with E-state index in [2.05, 4.69) is 44.3 Å². The van der Waals surface area contributed by atoms with Gasteiger partial charge >= 0.3 is 0 Å². The molecule has 1 saturated heterocycles. The van der Waals surface area contributed by atoms with E-state index in [9.17, 15) is 0 Å². The summed E-state index contributed by atoms with van der Waals surface area (Å²) in [7, 11) is 0. The fraction of sp³-hybridized carbons (Fsp3) is 0.625. The summed E-state index contributed by atoms with van der Waals surface area (Å²) in [6.07, 6.45) is 1.20. The maximum atomic E-state index is 5.53. The molecule has 1 aliphatic rings. The molecule has 0 radical (unpaired) electrons. The molecule has 2 nitrogen and oxygen atoms in total. The van der Waals surface area contributed by atoms with Gasteiger partial charge in [-0.25, -0.2) is 0 Å². The summed E-state index contributed by atoms with van der Waals surface area (Å²) in [6, 6.07) is 7.27. The van der Waals surface area contributed by atoms with Gasteiger partial charge in [-0.1, -0.05) is 24.6 Å². The normalized spacial score (nSPS) is 20.7. The standard InChI is InChI=1S/C16H25NOS/c1-4-17-15(14-7-8-18-10-14)11-19-16-9-12(2)5-6-13(16)3/h5-6,9,14-15,17H,4,7-8,10-11H2,1-3H3. The quantitative estimate of drug-likeness (QED) is 0.806. The Hall–Kier alpha value is -0.510. The van der Waals surface area contributed by atoms with E-state index in [0.29, 0.717) is 12.0 Å². The predicted molar refractivity (Wildman–Crippen MR) is 83.0 cm³/mol. The second-order valence-corrected chi connectivity index (χ2v) is 6.43. The number of hydrogen-bond acceptors (Lipinski definition) is 3. The average Bonchev–Trinajstić information content (AvgIpc) is 2.92. The number of rotatable bonds is 6. The molecule has 106 valence electrons. The minimum atomic E-state index is 0.567. The van der Waals surface area contributed by atoms with Crippen LogP contribution >= 0.6 is 11.8 Å². The second kappa shape index (κ2) is 7.32. The van der Waals surface area contributed by atoms with Crippen molar-refractivity contribution in [3.8, 4) is 0 Å². The first-order valence-electron chi connectivity index (χ1n) is 7.22. The van der Waals surface area contributed by atoms with E-state index in [4.69, 9.17) is 4.74 Å². The molecule has 0 spiro atoms. The molecule has 3 heteroatoms. The first-order chi connectivity index (χ1) is 9.20. The lowest BCUT2D eigenvalue weighted by atomic mass is 10.0. The second-order valence-electron chi connectivity index (χ2n) is 5.37.